The molecular formula is C12H15BrFN. The maximum absolute atomic E-state index is 12.7. The second kappa shape index (κ2) is 5.08. The van der Waals surface area contributed by atoms with Gasteiger partial charge in [0.25, 0.3) is 0 Å². The van der Waals surface area contributed by atoms with Gasteiger partial charge < -0.3 is 0 Å². The largest absolute Gasteiger partial charge is 0.298 e. The highest BCUT2D eigenvalue weighted by molar-refractivity contribution is 9.09. The summed E-state index contributed by atoms with van der Waals surface area (Å²) in [6.45, 7) is 3.18. The van der Waals surface area contributed by atoms with Crippen LogP contribution in [-0.4, -0.2) is 22.8 Å². The number of benzene rings is 1. The first-order chi connectivity index (χ1) is 7.24. The molecule has 0 N–H and O–H groups in total. The molecule has 1 aromatic rings. The Morgan fingerprint density at radius 1 is 1.33 bits per heavy atom. The van der Waals surface area contributed by atoms with Crippen LogP contribution in [0.2, 0.25) is 0 Å². The van der Waals surface area contributed by atoms with Gasteiger partial charge in [-0.3, -0.25) is 4.90 Å². The standard InChI is InChI=1S/C12H15BrFN/c13-11-2-1-7-15(9-11)8-10-3-5-12(14)6-4-10/h3-6,11H,1-2,7-9H2. The van der Waals surface area contributed by atoms with Crippen molar-refractivity contribution in [3.05, 3.63) is 35.6 Å². The lowest BCUT2D eigenvalue weighted by Gasteiger charge is -2.29. The molecule has 1 aromatic carbocycles. The molecule has 1 saturated heterocycles. The summed E-state index contributed by atoms with van der Waals surface area (Å²) in [5.41, 5.74) is 1.19. The van der Waals surface area contributed by atoms with Crippen molar-refractivity contribution >= 4 is 15.9 Å². The molecule has 3 heteroatoms. The van der Waals surface area contributed by atoms with E-state index in [1.807, 2.05) is 12.1 Å². The minimum Gasteiger partial charge on any atom is -0.298 e. The number of likely N-dealkylation sites (tertiary alicyclic amines) is 1. The van der Waals surface area contributed by atoms with Crippen LogP contribution in [-0.2, 0) is 6.54 Å². The van der Waals surface area contributed by atoms with Gasteiger partial charge in [0.15, 0.2) is 0 Å². The molecule has 0 amide bonds. The average Bonchev–Trinajstić information content (AvgIpc) is 2.22. The predicted octanol–water partition coefficient (Wildman–Crippen LogP) is 3.19. The monoisotopic (exact) mass is 271 g/mol. The van der Waals surface area contributed by atoms with E-state index in [1.165, 1.54) is 30.5 Å². The lowest BCUT2D eigenvalue weighted by Crippen LogP contribution is -2.35. The third kappa shape index (κ3) is 3.28. The number of halogens is 2. The molecule has 0 aromatic heterocycles. The van der Waals surface area contributed by atoms with E-state index < -0.39 is 0 Å². The van der Waals surface area contributed by atoms with Crippen molar-refractivity contribution < 1.29 is 4.39 Å². The number of piperidine rings is 1. The van der Waals surface area contributed by atoms with E-state index in [1.54, 1.807) is 0 Å². The van der Waals surface area contributed by atoms with Gasteiger partial charge in [-0.25, -0.2) is 4.39 Å². The molecule has 2 rings (SSSR count). The molecule has 1 unspecified atom stereocenters. The Hall–Kier alpha value is -0.410. The van der Waals surface area contributed by atoms with Crippen molar-refractivity contribution in [2.24, 2.45) is 0 Å². The normalized spacial score (nSPS) is 22.9. The van der Waals surface area contributed by atoms with E-state index in [0.29, 0.717) is 4.83 Å². The van der Waals surface area contributed by atoms with Crippen molar-refractivity contribution in [1.82, 2.24) is 4.90 Å². The van der Waals surface area contributed by atoms with E-state index in [4.69, 9.17) is 0 Å². The van der Waals surface area contributed by atoms with E-state index >= 15 is 0 Å². The Balaban J connectivity index is 1.93. The van der Waals surface area contributed by atoms with E-state index in [-0.39, 0.29) is 5.82 Å². The van der Waals surface area contributed by atoms with Gasteiger partial charge in [0.05, 0.1) is 0 Å². The van der Waals surface area contributed by atoms with Crippen LogP contribution >= 0.6 is 15.9 Å². The molecule has 0 radical (unpaired) electrons. The number of hydrogen-bond donors (Lipinski definition) is 0. The summed E-state index contributed by atoms with van der Waals surface area (Å²) in [7, 11) is 0. The summed E-state index contributed by atoms with van der Waals surface area (Å²) in [5, 5.41) is 0. The van der Waals surface area contributed by atoms with E-state index in [2.05, 4.69) is 20.8 Å². The van der Waals surface area contributed by atoms with Gasteiger partial charge in [0.2, 0.25) is 0 Å². The zero-order chi connectivity index (χ0) is 10.7. The molecule has 1 atom stereocenters. The summed E-state index contributed by atoms with van der Waals surface area (Å²) in [6.07, 6.45) is 2.51. The number of nitrogens with zero attached hydrogens (tertiary/aromatic N) is 1. The van der Waals surface area contributed by atoms with Crippen LogP contribution in [0.5, 0.6) is 0 Å². The first-order valence-corrected chi connectivity index (χ1v) is 6.26. The molecule has 82 valence electrons. The van der Waals surface area contributed by atoms with Crippen LogP contribution < -0.4 is 0 Å². The van der Waals surface area contributed by atoms with Crippen molar-refractivity contribution in [1.29, 1.82) is 0 Å². The number of hydrogen-bond acceptors (Lipinski definition) is 1. The van der Waals surface area contributed by atoms with Crippen LogP contribution in [0.1, 0.15) is 18.4 Å². The molecule has 1 aliphatic heterocycles. The van der Waals surface area contributed by atoms with E-state index in [0.717, 1.165) is 19.6 Å². The second-order valence-corrected chi connectivity index (χ2v) is 5.40. The van der Waals surface area contributed by atoms with Crippen molar-refractivity contribution in [3.63, 3.8) is 0 Å². The average molecular weight is 272 g/mol. The number of alkyl halides is 1. The van der Waals surface area contributed by atoms with Crippen LogP contribution in [0.3, 0.4) is 0 Å². The van der Waals surface area contributed by atoms with Gasteiger partial charge >= 0.3 is 0 Å². The molecule has 1 nitrogen and oxygen atoms in total. The molecule has 0 saturated carbocycles. The summed E-state index contributed by atoms with van der Waals surface area (Å²) in [6, 6.07) is 6.80. The van der Waals surface area contributed by atoms with Gasteiger partial charge in [-0.15, -0.1) is 0 Å². The fraction of sp³-hybridized carbons (Fsp3) is 0.500. The van der Waals surface area contributed by atoms with Crippen molar-refractivity contribution in [2.45, 2.75) is 24.2 Å². The van der Waals surface area contributed by atoms with Crippen LogP contribution in [0.15, 0.2) is 24.3 Å². The SMILES string of the molecule is Fc1ccc(CN2CCCC(Br)C2)cc1. The topological polar surface area (TPSA) is 3.24 Å². The molecule has 0 bridgehead atoms. The molecule has 0 spiro atoms. The van der Waals surface area contributed by atoms with Crippen molar-refractivity contribution in [2.75, 3.05) is 13.1 Å². The predicted molar refractivity (Wildman–Crippen MR) is 63.6 cm³/mol. The Kier molecular flexibility index (Phi) is 3.76. The van der Waals surface area contributed by atoms with Gasteiger partial charge in [0.1, 0.15) is 5.82 Å². The highest BCUT2D eigenvalue weighted by Gasteiger charge is 2.17. The number of rotatable bonds is 2. The molecule has 15 heavy (non-hydrogen) atoms. The zero-order valence-electron chi connectivity index (χ0n) is 8.63. The Morgan fingerprint density at radius 3 is 2.73 bits per heavy atom. The Morgan fingerprint density at radius 2 is 2.07 bits per heavy atom. The van der Waals surface area contributed by atoms with Crippen LogP contribution in [0.4, 0.5) is 4.39 Å². The van der Waals surface area contributed by atoms with Crippen LogP contribution in [0, 0.1) is 5.82 Å². The zero-order valence-corrected chi connectivity index (χ0v) is 10.2. The molecule has 1 aliphatic rings. The quantitative estimate of drug-likeness (QED) is 0.747. The third-order valence-electron chi connectivity index (χ3n) is 2.77. The fourth-order valence-electron chi connectivity index (χ4n) is 1.99. The minimum atomic E-state index is -0.157. The summed E-state index contributed by atoms with van der Waals surface area (Å²) in [4.78, 5) is 3.03. The van der Waals surface area contributed by atoms with Gasteiger partial charge in [-0.2, -0.15) is 0 Å². The Labute approximate surface area is 98.4 Å². The van der Waals surface area contributed by atoms with Crippen LogP contribution in [0.25, 0.3) is 0 Å². The first kappa shape index (κ1) is 11.1. The molecule has 1 fully saturated rings. The second-order valence-electron chi connectivity index (χ2n) is 4.10. The lowest BCUT2D eigenvalue weighted by atomic mass is 10.1. The summed E-state index contributed by atoms with van der Waals surface area (Å²) in [5.74, 6) is -0.157. The van der Waals surface area contributed by atoms with Crippen molar-refractivity contribution in [3.8, 4) is 0 Å². The maximum Gasteiger partial charge on any atom is 0.123 e. The highest BCUT2D eigenvalue weighted by atomic mass is 79.9. The first-order valence-electron chi connectivity index (χ1n) is 5.35. The third-order valence-corrected chi connectivity index (χ3v) is 3.51. The highest BCUT2D eigenvalue weighted by Crippen LogP contribution is 2.18. The smallest absolute Gasteiger partial charge is 0.123 e. The lowest BCUT2D eigenvalue weighted by molar-refractivity contribution is 0.228. The molecule has 0 aliphatic carbocycles. The van der Waals surface area contributed by atoms with E-state index in [9.17, 15) is 4.39 Å². The maximum atomic E-state index is 12.7. The molecule has 1 heterocycles. The fourth-order valence-corrected chi connectivity index (χ4v) is 2.72. The Bertz CT molecular complexity index is 312. The minimum absolute atomic E-state index is 0.157. The summed E-state index contributed by atoms with van der Waals surface area (Å²) < 4.78 is 12.7. The van der Waals surface area contributed by atoms with Gasteiger partial charge in [-0.05, 0) is 37.1 Å². The van der Waals surface area contributed by atoms with Gasteiger partial charge in [0, 0.05) is 17.9 Å². The summed E-state index contributed by atoms with van der Waals surface area (Å²) >= 11 is 3.65. The molecular weight excluding hydrogens is 257 g/mol. The van der Waals surface area contributed by atoms with Gasteiger partial charge in [-0.1, -0.05) is 28.1 Å².